The molecule has 4 aliphatic rings. The topological polar surface area (TPSA) is 0 Å². The van der Waals surface area contributed by atoms with Crippen molar-refractivity contribution in [3.05, 3.63) is 80.9 Å². The Balaban J connectivity index is 0.000000129. The van der Waals surface area contributed by atoms with E-state index in [-0.39, 0.29) is 25.8 Å². The van der Waals surface area contributed by atoms with Crippen LogP contribution in [-0.2, 0) is 64.4 Å². The van der Waals surface area contributed by atoms with E-state index in [1.54, 1.807) is 22.3 Å². The summed E-state index contributed by atoms with van der Waals surface area (Å²) in [6, 6.07) is 9.56. The molecule has 27 heavy (non-hydrogen) atoms. The zero-order chi connectivity index (χ0) is 17.3. The molecule has 2 aromatic carbocycles. The normalized spacial score (nSPS) is 17.8. The van der Waals surface area contributed by atoms with E-state index in [0.29, 0.717) is 0 Å². The van der Waals surface area contributed by atoms with E-state index in [4.69, 9.17) is 0 Å². The second kappa shape index (κ2) is 8.43. The molecule has 0 aliphatic heterocycles. The quantitative estimate of drug-likeness (QED) is 0.303. The van der Waals surface area contributed by atoms with Gasteiger partial charge in [0.1, 0.15) is 0 Å². The molecule has 2 aromatic rings. The van der Waals surface area contributed by atoms with Crippen molar-refractivity contribution in [3.8, 4) is 0 Å². The monoisotopic (exact) mass is 518 g/mol. The minimum Gasteiger partial charge on any atom is -0.272 e. The van der Waals surface area contributed by atoms with Crippen LogP contribution >= 0.6 is 0 Å². The van der Waals surface area contributed by atoms with Crippen LogP contribution in [-0.4, -0.2) is 0 Å². The van der Waals surface area contributed by atoms with Crippen LogP contribution in [0.5, 0.6) is 0 Å². The number of hydrogen-bond donors (Lipinski definition) is 0. The molecule has 0 bridgehead atoms. The minimum atomic E-state index is 0. The Labute approximate surface area is 182 Å². The number of allylic oxidation sites excluding steroid dienone is 2. The first-order valence-electron chi connectivity index (χ1n) is 10.3. The third kappa shape index (κ3) is 3.99. The zero-order valence-electron chi connectivity index (χ0n) is 16.0. The van der Waals surface area contributed by atoms with Gasteiger partial charge in [0.2, 0.25) is 0 Å². The van der Waals surface area contributed by atoms with Gasteiger partial charge in [-0.15, -0.1) is 36.1 Å². The minimum absolute atomic E-state index is 0. The SMILES string of the molecule is [C-]1=Cc2cc3c(cc2C1)CCCC3.[C-]1=Cc2cc3c(cc2C1)CCCC3.[Hf]. The number of benzene rings is 2. The van der Waals surface area contributed by atoms with Crippen LogP contribution in [0.3, 0.4) is 0 Å². The maximum Gasteiger partial charge on any atom is 0 e. The van der Waals surface area contributed by atoms with E-state index >= 15 is 0 Å². The van der Waals surface area contributed by atoms with Crippen LogP contribution in [0, 0.1) is 12.2 Å². The number of rotatable bonds is 0. The fourth-order valence-electron chi connectivity index (χ4n) is 4.83. The standard InChI is InChI=1S/2C13H13.Hf/c2*1-2-5-11-9-13-7-3-6-12(13)8-10(11)4-1;/h2*6,8-9H,1-2,4-5,7H2;/q2*-1;. The number of fused-ring (bicyclic) bond motifs is 4. The van der Waals surface area contributed by atoms with E-state index in [9.17, 15) is 0 Å². The number of aryl methyl sites for hydroxylation is 4. The first kappa shape index (κ1) is 19.1. The Morgan fingerprint density at radius 1 is 0.481 bits per heavy atom. The molecule has 4 aliphatic carbocycles. The number of hydrogen-bond acceptors (Lipinski definition) is 0. The van der Waals surface area contributed by atoms with Gasteiger partial charge in [-0.1, -0.05) is 23.3 Å². The summed E-state index contributed by atoms with van der Waals surface area (Å²) in [5.41, 5.74) is 12.2. The molecule has 0 nitrogen and oxygen atoms in total. The summed E-state index contributed by atoms with van der Waals surface area (Å²) in [6.07, 6.45) is 23.6. The van der Waals surface area contributed by atoms with Gasteiger partial charge in [0.25, 0.3) is 0 Å². The summed E-state index contributed by atoms with van der Waals surface area (Å²) in [5, 5.41) is 0. The van der Waals surface area contributed by atoms with E-state index in [0.717, 1.165) is 12.8 Å². The molecule has 6 rings (SSSR count). The molecule has 0 spiro atoms. The Morgan fingerprint density at radius 3 is 1.26 bits per heavy atom. The van der Waals surface area contributed by atoms with Gasteiger partial charge in [-0.25, -0.2) is 12.2 Å². The van der Waals surface area contributed by atoms with Crippen molar-refractivity contribution in [1.82, 2.24) is 0 Å². The largest absolute Gasteiger partial charge is 0.272 e. The predicted molar refractivity (Wildman–Crippen MR) is 109 cm³/mol. The van der Waals surface area contributed by atoms with Gasteiger partial charge in [-0.2, -0.15) is 11.1 Å². The van der Waals surface area contributed by atoms with E-state index in [2.05, 4.69) is 48.6 Å². The summed E-state index contributed by atoms with van der Waals surface area (Å²) in [4.78, 5) is 0. The molecule has 0 unspecified atom stereocenters. The fraction of sp³-hybridized carbons (Fsp3) is 0.385. The van der Waals surface area contributed by atoms with Gasteiger partial charge in [0.15, 0.2) is 0 Å². The van der Waals surface area contributed by atoms with Crippen LogP contribution < -0.4 is 0 Å². The molecule has 0 saturated carbocycles. The molecule has 0 atom stereocenters. The molecule has 1 heteroatoms. The zero-order valence-corrected chi connectivity index (χ0v) is 19.6. The summed E-state index contributed by atoms with van der Waals surface area (Å²) in [5.74, 6) is 0. The molecule has 0 fully saturated rings. The molecule has 0 saturated heterocycles. The molecule has 136 valence electrons. The van der Waals surface area contributed by atoms with Crippen molar-refractivity contribution in [2.75, 3.05) is 0 Å². The van der Waals surface area contributed by atoms with E-state index in [1.807, 2.05) is 0 Å². The van der Waals surface area contributed by atoms with Crippen LogP contribution in [0.2, 0.25) is 0 Å². The molecule has 0 radical (unpaired) electrons. The molecule has 0 heterocycles. The molecular weight excluding hydrogens is 491 g/mol. The average molecular weight is 517 g/mol. The predicted octanol–water partition coefficient (Wildman–Crippen LogP) is 5.87. The Bertz CT molecular complexity index is 825. The van der Waals surface area contributed by atoms with Gasteiger partial charge in [-0.3, -0.25) is 12.2 Å². The maximum absolute atomic E-state index is 3.29. The first-order chi connectivity index (χ1) is 12.9. The van der Waals surface area contributed by atoms with Gasteiger partial charge < -0.3 is 0 Å². The van der Waals surface area contributed by atoms with Gasteiger partial charge >= 0.3 is 0 Å². The summed E-state index contributed by atoms with van der Waals surface area (Å²) in [7, 11) is 0. The summed E-state index contributed by atoms with van der Waals surface area (Å²) >= 11 is 0. The average Bonchev–Trinajstić information content (AvgIpc) is 3.33. The van der Waals surface area contributed by atoms with Gasteiger partial charge in [-0.05, 0) is 62.5 Å². The van der Waals surface area contributed by atoms with Crippen LogP contribution in [0.15, 0.2) is 24.3 Å². The van der Waals surface area contributed by atoms with Gasteiger partial charge in [0.05, 0.1) is 0 Å². The van der Waals surface area contributed by atoms with Crippen LogP contribution in [0.25, 0.3) is 12.2 Å². The van der Waals surface area contributed by atoms with Crippen LogP contribution in [0.4, 0.5) is 0 Å². The first-order valence-corrected chi connectivity index (χ1v) is 10.3. The molecular formula is C26H26Hf-2. The van der Waals surface area contributed by atoms with Crippen molar-refractivity contribution < 1.29 is 25.8 Å². The Morgan fingerprint density at radius 2 is 0.852 bits per heavy atom. The molecule has 0 amide bonds. The Kier molecular flexibility index (Phi) is 5.97. The second-order valence-electron chi connectivity index (χ2n) is 8.10. The summed E-state index contributed by atoms with van der Waals surface area (Å²) < 4.78 is 0. The van der Waals surface area contributed by atoms with Crippen LogP contribution in [0.1, 0.15) is 70.2 Å². The van der Waals surface area contributed by atoms with Crippen molar-refractivity contribution in [1.29, 1.82) is 0 Å². The Hall–Kier alpha value is -1.21. The fourth-order valence-corrected chi connectivity index (χ4v) is 4.83. The van der Waals surface area contributed by atoms with Gasteiger partial charge in [0, 0.05) is 25.8 Å². The van der Waals surface area contributed by atoms with E-state index in [1.165, 1.54) is 73.6 Å². The third-order valence-corrected chi connectivity index (χ3v) is 6.31. The third-order valence-electron chi connectivity index (χ3n) is 6.31. The second-order valence-corrected chi connectivity index (χ2v) is 8.10. The van der Waals surface area contributed by atoms with E-state index < -0.39 is 0 Å². The van der Waals surface area contributed by atoms with Crippen molar-refractivity contribution >= 4 is 12.2 Å². The van der Waals surface area contributed by atoms with Crippen molar-refractivity contribution in [2.45, 2.75) is 64.2 Å². The smallest absolute Gasteiger partial charge is 0 e. The molecule has 0 aromatic heterocycles. The maximum atomic E-state index is 3.29. The van der Waals surface area contributed by atoms with Crippen molar-refractivity contribution in [2.24, 2.45) is 0 Å². The van der Waals surface area contributed by atoms with Crippen molar-refractivity contribution in [3.63, 3.8) is 0 Å². The summed E-state index contributed by atoms with van der Waals surface area (Å²) in [6.45, 7) is 0. The molecule has 0 N–H and O–H groups in total.